The molecule has 0 aliphatic heterocycles. The molecule has 6 rings (SSSR count). The lowest BCUT2D eigenvalue weighted by Crippen LogP contribution is -1.92. The van der Waals surface area contributed by atoms with Crippen molar-refractivity contribution in [2.75, 3.05) is 0 Å². The van der Waals surface area contributed by atoms with E-state index in [1.807, 2.05) is 6.08 Å². The molecule has 0 bridgehead atoms. The van der Waals surface area contributed by atoms with E-state index in [1.54, 1.807) is 13.1 Å². The molecule has 0 aliphatic rings. The third-order valence-electron chi connectivity index (χ3n) is 7.19. The lowest BCUT2D eigenvalue weighted by atomic mass is 9.84. The van der Waals surface area contributed by atoms with Crippen LogP contribution in [0.3, 0.4) is 0 Å². The number of hydrogen-bond acceptors (Lipinski definition) is 2. The molecule has 0 amide bonds. The molecule has 2 nitrogen and oxygen atoms in total. The highest BCUT2D eigenvalue weighted by Crippen LogP contribution is 2.45. The fourth-order valence-corrected chi connectivity index (χ4v) is 5.41. The summed E-state index contributed by atoms with van der Waals surface area (Å²) in [7, 11) is 0. The molecule has 180 valence electrons. The first-order valence-electron chi connectivity index (χ1n) is 12.7. The van der Waals surface area contributed by atoms with Crippen molar-refractivity contribution in [1.82, 2.24) is 0 Å². The average Bonchev–Trinajstić information content (AvgIpc) is 2.98. The Kier molecular flexibility index (Phi) is 5.96. The van der Waals surface area contributed by atoms with E-state index in [0.29, 0.717) is 5.57 Å². The van der Waals surface area contributed by atoms with Crippen molar-refractivity contribution < 1.29 is 0 Å². The van der Waals surface area contributed by atoms with Crippen LogP contribution in [0.4, 0.5) is 0 Å². The Hall–Kier alpha value is -5.13. The van der Waals surface area contributed by atoms with Gasteiger partial charge in [-0.25, -0.2) is 0 Å². The lowest BCUT2D eigenvalue weighted by Gasteiger charge is -2.19. The molecular formula is C36H26N2. The van der Waals surface area contributed by atoms with E-state index in [-0.39, 0.29) is 0 Å². The minimum Gasteiger partial charge on any atom is -0.404 e. The van der Waals surface area contributed by atoms with Gasteiger partial charge < -0.3 is 5.73 Å². The van der Waals surface area contributed by atoms with Crippen molar-refractivity contribution in [1.29, 1.82) is 5.26 Å². The average molecular weight is 487 g/mol. The zero-order valence-corrected chi connectivity index (χ0v) is 21.1. The quantitative estimate of drug-likeness (QED) is 0.153. The SMILES string of the molecule is C/C(C#N)=C\C(=C/N)c1ccc(-c2c3ccccc3c(-c3ccccc3)c3cc4ccccc4cc23)cc1. The van der Waals surface area contributed by atoms with Crippen LogP contribution in [0.1, 0.15) is 12.5 Å². The second kappa shape index (κ2) is 9.73. The van der Waals surface area contributed by atoms with Crippen LogP contribution in [0.2, 0.25) is 0 Å². The first kappa shape index (κ1) is 23.3. The molecule has 0 aliphatic carbocycles. The maximum absolute atomic E-state index is 9.21. The molecule has 0 unspecified atom stereocenters. The maximum Gasteiger partial charge on any atom is 0.0944 e. The number of nitrogens with two attached hydrogens (primary N) is 1. The molecule has 2 N–H and O–H groups in total. The highest BCUT2D eigenvalue weighted by atomic mass is 14.5. The monoisotopic (exact) mass is 486 g/mol. The van der Waals surface area contributed by atoms with Gasteiger partial charge in [-0.15, -0.1) is 0 Å². The Labute approximate surface area is 222 Å². The van der Waals surface area contributed by atoms with Crippen LogP contribution in [0.15, 0.2) is 133 Å². The minimum atomic E-state index is 0.617. The molecule has 0 atom stereocenters. The number of allylic oxidation sites excluding steroid dienone is 3. The van der Waals surface area contributed by atoms with Gasteiger partial charge in [-0.1, -0.05) is 103 Å². The van der Waals surface area contributed by atoms with Crippen molar-refractivity contribution in [3.63, 3.8) is 0 Å². The van der Waals surface area contributed by atoms with Gasteiger partial charge in [0, 0.05) is 11.8 Å². The van der Waals surface area contributed by atoms with Gasteiger partial charge in [0.25, 0.3) is 0 Å². The standard InChI is InChI=1S/C36H26N2/c1-24(22-37)19-30(23-38)25-15-17-27(18-16-25)36-32-14-8-7-13-31(32)35(26-9-3-2-4-10-26)33-20-28-11-5-6-12-29(28)21-34(33)36/h2-21,23H,38H2,1H3/b24-19+,30-23+. The Morgan fingerprint density at radius 1 is 0.632 bits per heavy atom. The van der Waals surface area contributed by atoms with Crippen LogP contribution in [0.25, 0.3) is 60.1 Å². The fraction of sp³-hybridized carbons (Fsp3) is 0.0278. The fourth-order valence-electron chi connectivity index (χ4n) is 5.41. The molecule has 0 radical (unpaired) electrons. The van der Waals surface area contributed by atoms with Gasteiger partial charge in [0.1, 0.15) is 0 Å². The van der Waals surface area contributed by atoms with Crippen LogP contribution >= 0.6 is 0 Å². The van der Waals surface area contributed by atoms with Crippen molar-refractivity contribution in [2.24, 2.45) is 5.73 Å². The third kappa shape index (κ3) is 4.01. The molecule has 0 aromatic heterocycles. The summed E-state index contributed by atoms with van der Waals surface area (Å²) in [4.78, 5) is 0. The Morgan fingerprint density at radius 3 is 1.66 bits per heavy atom. The Bertz CT molecular complexity index is 1920. The smallest absolute Gasteiger partial charge is 0.0944 e. The summed E-state index contributed by atoms with van der Waals surface area (Å²) in [6, 6.07) is 43.3. The van der Waals surface area contributed by atoms with Crippen LogP contribution in [-0.4, -0.2) is 0 Å². The molecule has 0 fully saturated rings. The predicted molar refractivity (Wildman–Crippen MR) is 161 cm³/mol. The highest BCUT2D eigenvalue weighted by molar-refractivity contribution is 6.23. The van der Waals surface area contributed by atoms with Crippen LogP contribution < -0.4 is 5.73 Å². The molecule has 38 heavy (non-hydrogen) atoms. The summed E-state index contributed by atoms with van der Waals surface area (Å²) in [6.07, 6.45) is 3.38. The minimum absolute atomic E-state index is 0.617. The molecular weight excluding hydrogens is 460 g/mol. The third-order valence-corrected chi connectivity index (χ3v) is 7.19. The summed E-state index contributed by atoms with van der Waals surface area (Å²) in [6.45, 7) is 1.79. The number of rotatable bonds is 4. The maximum atomic E-state index is 9.21. The molecule has 6 aromatic rings. The number of nitrogens with zero attached hydrogens (tertiary/aromatic N) is 1. The molecule has 2 heteroatoms. The van der Waals surface area contributed by atoms with Crippen LogP contribution in [-0.2, 0) is 0 Å². The Balaban J connectivity index is 1.68. The van der Waals surface area contributed by atoms with Crippen molar-refractivity contribution in [2.45, 2.75) is 6.92 Å². The van der Waals surface area contributed by atoms with Gasteiger partial charge in [0.15, 0.2) is 0 Å². The first-order chi connectivity index (χ1) is 18.7. The van der Waals surface area contributed by atoms with Gasteiger partial charge >= 0.3 is 0 Å². The normalized spacial score (nSPS) is 12.2. The van der Waals surface area contributed by atoms with Gasteiger partial charge in [-0.3, -0.25) is 0 Å². The van der Waals surface area contributed by atoms with Crippen LogP contribution in [0, 0.1) is 11.3 Å². The van der Waals surface area contributed by atoms with Crippen molar-refractivity contribution in [3.05, 3.63) is 139 Å². The van der Waals surface area contributed by atoms with Gasteiger partial charge in [0.05, 0.1) is 6.07 Å². The predicted octanol–water partition coefficient (Wildman–Crippen LogP) is 9.25. The van der Waals surface area contributed by atoms with E-state index in [1.165, 1.54) is 49.0 Å². The topological polar surface area (TPSA) is 49.8 Å². The zero-order chi connectivity index (χ0) is 26.1. The number of hydrogen-bond donors (Lipinski definition) is 1. The van der Waals surface area contributed by atoms with Crippen molar-refractivity contribution in [3.8, 4) is 28.3 Å². The molecule has 0 saturated heterocycles. The highest BCUT2D eigenvalue weighted by Gasteiger charge is 2.17. The van der Waals surface area contributed by atoms with Gasteiger partial charge in [-0.2, -0.15) is 5.26 Å². The second-order valence-electron chi connectivity index (χ2n) is 9.55. The lowest BCUT2D eigenvalue weighted by molar-refractivity contribution is 1.44. The summed E-state index contributed by atoms with van der Waals surface area (Å²) in [5, 5.41) is 16.6. The second-order valence-corrected chi connectivity index (χ2v) is 9.55. The van der Waals surface area contributed by atoms with E-state index in [4.69, 9.17) is 5.73 Å². The van der Waals surface area contributed by atoms with E-state index < -0.39 is 0 Å². The van der Waals surface area contributed by atoms with Crippen molar-refractivity contribution >= 4 is 37.9 Å². The number of nitriles is 1. The summed E-state index contributed by atoms with van der Waals surface area (Å²) >= 11 is 0. The van der Waals surface area contributed by atoms with Gasteiger partial charge in [-0.05, 0) is 90.8 Å². The molecule has 0 spiro atoms. The van der Waals surface area contributed by atoms with Gasteiger partial charge in [0.2, 0.25) is 0 Å². The number of fused-ring (bicyclic) bond motifs is 3. The Morgan fingerprint density at radius 2 is 1.13 bits per heavy atom. The van der Waals surface area contributed by atoms with E-state index in [9.17, 15) is 5.26 Å². The molecule has 0 heterocycles. The summed E-state index contributed by atoms with van der Waals surface area (Å²) in [5.41, 5.74) is 13.2. The van der Waals surface area contributed by atoms with E-state index in [2.05, 4.69) is 121 Å². The summed E-state index contributed by atoms with van der Waals surface area (Å²) < 4.78 is 0. The molecule has 6 aromatic carbocycles. The van der Waals surface area contributed by atoms with E-state index in [0.717, 1.165) is 16.7 Å². The first-order valence-corrected chi connectivity index (χ1v) is 12.7. The summed E-state index contributed by atoms with van der Waals surface area (Å²) in [5.74, 6) is 0. The van der Waals surface area contributed by atoms with Crippen LogP contribution in [0.5, 0.6) is 0 Å². The van der Waals surface area contributed by atoms with E-state index >= 15 is 0 Å². The molecule has 0 saturated carbocycles. The largest absolute Gasteiger partial charge is 0.404 e. The number of benzene rings is 6. The zero-order valence-electron chi connectivity index (χ0n) is 21.1.